The Labute approximate surface area is 205 Å². The fourth-order valence-electron chi connectivity index (χ4n) is 3.99. The fraction of sp³-hybridized carbons (Fsp3) is 0.280. The molecule has 2 aromatic carbocycles. The van der Waals surface area contributed by atoms with E-state index in [1.165, 1.54) is 31.2 Å². The number of piperidine rings is 1. The van der Waals surface area contributed by atoms with Crippen LogP contribution in [0.5, 0.6) is 11.5 Å². The Morgan fingerprint density at radius 3 is 2.17 bits per heavy atom. The number of ether oxygens (including phenoxy) is 2. The molecule has 1 atom stereocenters. The average Bonchev–Trinajstić information content (AvgIpc) is 3.18. The first-order valence-electron chi connectivity index (χ1n) is 10.9. The highest BCUT2D eigenvalue weighted by Gasteiger charge is 2.47. The van der Waals surface area contributed by atoms with E-state index in [2.05, 4.69) is 6.58 Å². The molecule has 2 aliphatic rings. The molecule has 4 rings (SSSR count). The van der Waals surface area contributed by atoms with Crippen molar-refractivity contribution in [3.05, 3.63) is 89.8 Å². The molecule has 0 aromatic heterocycles. The number of nitrogens with zero attached hydrogens (tertiary/aromatic N) is 1. The van der Waals surface area contributed by atoms with Crippen LogP contribution in [0.15, 0.2) is 77.5 Å². The van der Waals surface area contributed by atoms with Gasteiger partial charge < -0.3 is 9.47 Å². The van der Waals surface area contributed by atoms with Crippen molar-refractivity contribution in [3.8, 4) is 11.5 Å². The Balaban J connectivity index is 1.78. The third kappa shape index (κ3) is 4.77. The Morgan fingerprint density at radius 2 is 1.61 bits per heavy atom. The summed E-state index contributed by atoms with van der Waals surface area (Å²) < 4.78 is 108. The fourth-order valence-corrected chi connectivity index (χ4v) is 5.49. The van der Waals surface area contributed by atoms with E-state index in [0.29, 0.717) is 0 Å². The highest BCUT2D eigenvalue weighted by molar-refractivity contribution is 7.89. The minimum absolute atomic E-state index is 0.158. The SMILES string of the molecule is C=C/C(=C\C=C(/C)F)C1(c2ccc(F)cc2)Oc2cc(F)c(S(=O)(=O)N3CCC(F)(F)CC3)cc2O1. The largest absolute Gasteiger partial charge is 0.440 e. The van der Waals surface area contributed by atoms with Gasteiger partial charge in [-0.2, -0.15) is 4.31 Å². The minimum atomic E-state index is -4.47. The van der Waals surface area contributed by atoms with Crippen LogP contribution in [0.4, 0.5) is 22.0 Å². The first kappa shape index (κ1) is 25.9. The van der Waals surface area contributed by atoms with Gasteiger partial charge in [-0.05, 0) is 43.3 Å². The topological polar surface area (TPSA) is 55.8 Å². The van der Waals surface area contributed by atoms with Crippen LogP contribution in [0.2, 0.25) is 0 Å². The second kappa shape index (κ2) is 9.36. The molecule has 1 unspecified atom stereocenters. The highest BCUT2D eigenvalue weighted by Crippen LogP contribution is 2.49. The van der Waals surface area contributed by atoms with Crippen LogP contribution in [0.1, 0.15) is 25.3 Å². The molecule has 5 nitrogen and oxygen atoms in total. The second-order valence-corrected chi connectivity index (χ2v) is 10.3. The summed E-state index contributed by atoms with van der Waals surface area (Å²) in [6.07, 6.45) is 2.36. The maximum atomic E-state index is 15.1. The van der Waals surface area contributed by atoms with E-state index < -0.39 is 70.0 Å². The van der Waals surface area contributed by atoms with Gasteiger partial charge in [-0.25, -0.2) is 30.4 Å². The number of hydrogen-bond acceptors (Lipinski definition) is 4. The van der Waals surface area contributed by atoms with Gasteiger partial charge in [0.1, 0.15) is 16.5 Å². The summed E-state index contributed by atoms with van der Waals surface area (Å²) in [6, 6.07) is 6.66. The van der Waals surface area contributed by atoms with Crippen molar-refractivity contribution in [2.45, 2.75) is 36.4 Å². The molecule has 0 aliphatic carbocycles. The van der Waals surface area contributed by atoms with Gasteiger partial charge in [-0.1, -0.05) is 12.7 Å². The summed E-state index contributed by atoms with van der Waals surface area (Å²) in [4.78, 5) is -0.770. The van der Waals surface area contributed by atoms with Crippen LogP contribution in [0, 0.1) is 11.6 Å². The maximum absolute atomic E-state index is 15.1. The Bertz CT molecular complexity index is 1340. The molecule has 0 N–H and O–H groups in total. The molecular weight excluding hydrogens is 505 g/mol. The lowest BCUT2D eigenvalue weighted by Crippen LogP contribution is -2.42. The molecule has 0 spiro atoms. The van der Waals surface area contributed by atoms with E-state index in [-0.39, 0.29) is 22.6 Å². The zero-order valence-electron chi connectivity index (χ0n) is 19.1. The number of alkyl halides is 2. The molecule has 0 amide bonds. The van der Waals surface area contributed by atoms with Crippen LogP contribution in [-0.4, -0.2) is 31.7 Å². The van der Waals surface area contributed by atoms with E-state index in [4.69, 9.17) is 9.47 Å². The van der Waals surface area contributed by atoms with Crippen LogP contribution in [0.3, 0.4) is 0 Å². The van der Waals surface area contributed by atoms with Crippen molar-refractivity contribution >= 4 is 10.0 Å². The summed E-state index contributed by atoms with van der Waals surface area (Å²) in [5.74, 6) is -7.48. The van der Waals surface area contributed by atoms with Crippen LogP contribution in [-0.2, 0) is 15.8 Å². The summed E-state index contributed by atoms with van der Waals surface area (Å²) in [7, 11) is -4.47. The zero-order chi connectivity index (χ0) is 26.3. The van der Waals surface area contributed by atoms with E-state index in [9.17, 15) is 26.0 Å². The molecule has 0 saturated carbocycles. The first-order valence-corrected chi connectivity index (χ1v) is 12.3. The van der Waals surface area contributed by atoms with E-state index in [1.807, 2.05) is 0 Å². The summed E-state index contributed by atoms with van der Waals surface area (Å²) in [5, 5.41) is 0. The Hall–Kier alpha value is -3.18. The lowest BCUT2D eigenvalue weighted by Gasteiger charge is -2.31. The third-order valence-electron chi connectivity index (χ3n) is 5.89. The van der Waals surface area contributed by atoms with Crippen molar-refractivity contribution in [3.63, 3.8) is 0 Å². The number of benzene rings is 2. The molecule has 1 saturated heterocycles. The van der Waals surface area contributed by atoms with Gasteiger partial charge in [0.05, 0.1) is 5.83 Å². The van der Waals surface area contributed by atoms with E-state index >= 15 is 4.39 Å². The van der Waals surface area contributed by atoms with E-state index in [0.717, 1.165) is 34.6 Å². The summed E-state index contributed by atoms with van der Waals surface area (Å²) in [6.45, 7) is 3.95. The number of halogens is 5. The monoisotopic (exact) mass is 527 g/mol. The standard InChI is InChI=1S/C25H22F5NO4S/c1-3-17(5-4-16(2)26)25(18-6-8-19(27)9-7-18)34-21-14-20(28)23(15-22(21)35-25)36(32,33)31-12-10-24(29,30)11-13-31/h3-9,14-15H,1,10-13H2,2H3/b16-4+,17-5+. The van der Waals surface area contributed by atoms with Crippen molar-refractivity contribution < 1.29 is 39.8 Å². The highest BCUT2D eigenvalue weighted by atomic mass is 32.2. The Morgan fingerprint density at radius 1 is 1.03 bits per heavy atom. The van der Waals surface area contributed by atoms with Gasteiger partial charge in [0.25, 0.3) is 5.92 Å². The summed E-state index contributed by atoms with van der Waals surface area (Å²) >= 11 is 0. The average molecular weight is 528 g/mol. The van der Waals surface area contributed by atoms with Crippen molar-refractivity contribution in [1.29, 1.82) is 0 Å². The molecular formula is C25H22F5NO4S. The van der Waals surface area contributed by atoms with E-state index in [1.54, 1.807) is 0 Å². The van der Waals surface area contributed by atoms with Gasteiger partial charge in [0.2, 0.25) is 10.0 Å². The lowest BCUT2D eigenvalue weighted by atomic mass is 9.96. The molecule has 0 radical (unpaired) electrons. The maximum Gasteiger partial charge on any atom is 0.305 e. The lowest BCUT2D eigenvalue weighted by molar-refractivity contribution is -0.0467. The van der Waals surface area contributed by atoms with Gasteiger partial charge in [-0.3, -0.25) is 0 Å². The third-order valence-corrected chi connectivity index (χ3v) is 7.81. The van der Waals surface area contributed by atoms with Crippen molar-refractivity contribution in [1.82, 2.24) is 4.31 Å². The number of hydrogen-bond donors (Lipinski definition) is 0. The molecule has 2 aliphatic heterocycles. The molecule has 2 heterocycles. The predicted octanol–water partition coefficient (Wildman–Crippen LogP) is 5.99. The number of allylic oxidation sites excluding steroid dienone is 3. The Kier molecular flexibility index (Phi) is 6.74. The van der Waals surface area contributed by atoms with Crippen LogP contribution < -0.4 is 9.47 Å². The molecule has 11 heteroatoms. The molecule has 1 fully saturated rings. The number of rotatable bonds is 6. The molecule has 2 aromatic rings. The van der Waals surface area contributed by atoms with Crippen molar-refractivity contribution in [2.24, 2.45) is 0 Å². The van der Waals surface area contributed by atoms with Gasteiger partial charge in [-0.15, -0.1) is 0 Å². The van der Waals surface area contributed by atoms with Gasteiger partial charge in [0.15, 0.2) is 11.5 Å². The number of fused-ring (bicyclic) bond motifs is 1. The second-order valence-electron chi connectivity index (χ2n) is 8.40. The zero-order valence-corrected chi connectivity index (χ0v) is 19.9. The van der Waals surface area contributed by atoms with Crippen molar-refractivity contribution in [2.75, 3.05) is 13.1 Å². The molecule has 0 bridgehead atoms. The quantitative estimate of drug-likeness (QED) is 0.342. The molecule has 36 heavy (non-hydrogen) atoms. The molecule has 192 valence electrons. The van der Waals surface area contributed by atoms with Gasteiger partial charge in [0, 0.05) is 49.2 Å². The van der Waals surface area contributed by atoms with Crippen LogP contribution in [0.25, 0.3) is 0 Å². The summed E-state index contributed by atoms with van der Waals surface area (Å²) in [5.41, 5.74) is 0.393. The van der Waals surface area contributed by atoms with Crippen LogP contribution >= 0.6 is 0 Å². The number of sulfonamides is 1. The normalized spacial score (nSPS) is 22.5. The van der Waals surface area contributed by atoms with Gasteiger partial charge >= 0.3 is 5.79 Å². The predicted molar refractivity (Wildman–Crippen MR) is 122 cm³/mol. The minimum Gasteiger partial charge on any atom is -0.440 e. The first-order chi connectivity index (χ1) is 16.9. The smallest absolute Gasteiger partial charge is 0.305 e.